The van der Waals surface area contributed by atoms with E-state index in [4.69, 9.17) is 15.9 Å². The lowest BCUT2D eigenvalue weighted by molar-refractivity contribution is -0.274. The molecule has 0 aromatic heterocycles. The van der Waals surface area contributed by atoms with Gasteiger partial charge in [-0.3, -0.25) is 5.41 Å². The van der Waals surface area contributed by atoms with Gasteiger partial charge in [-0.05, 0) is 72.7 Å². The van der Waals surface area contributed by atoms with Gasteiger partial charge >= 0.3 is 6.36 Å². The Labute approximate surface area is 205 Å². The largest absolute Gasteiger partial charge is 0.573 e. The van der Waals surface area contributed by atoms with Crippen molar-refractivity contribution < 1.29 is 22.6 Å². The zero-order chi connectivity index (χ0) is 25.6. The Hall–Kier alpha value is -2.94. The molecule has 0 amide bonds. The van der Waals surface area contributed by atoms with Crippen LogP contribution in [0.2, 0.25) is 0 Å². The van der Waals surface area contributed by atoms with Gasteiger partial charge in [-0.15, -0.1) is 13.2 Å². The predicted molar refractivity (Wildman–Crippen MR) is 132 cm³/mol. The van der Waals surface area contributed by atoms with Crippen molar-refractivity contribution in [3.05, 3.63) is 54.1 Å². The van der Waals surface area contributed by atoms with Gasteiger partial charge in [0.1, 0.15) is 18.1 Å². The van der Waals surface area contributed by atoms with Crippen molar-refractivity contribution in [1.29, 1.82) is 5.41 Å². The Kier molecular flexibility index (Phi) is 8.53. The number of nitrogens with one attached hydrogen (secondary N) is 1. The summed E-state index contributed by atoms with van der Waals surface area (Å²) in [5, 5.41) is 8.92. The number of benzene rings is 2. The average molecular weight is 493 g/mol. The van der Waals surface area contributed by atoms with E-state index in [2.05, 4.69) is 30.4 Å². The van der Waals surface area contributed by atoms with E-state index in [0.29, 0.717) is 30.7 Å². The standard InChI is InChI=1S/C26H35F3N4O2/c1-19-12-14-32(15-13-19)24(31)33(18-25(2,3)17-30)21-6-10-22(11-7-21)34-16-20-4-8-23(9-5-20)35-26(27,28)29/h4-11,19,31H,12-18,30H2,1-3H3. The molecule has 2 aromatic carbocycles. The van der Waals surface area contributed by atoms with Crippen molar-refractivity contribution in [2.45, 2.75) is 46.6 Å². The van der Waals surface area contributed by atoms with Crippen LogP contribution in [-0.4, -0.2) is 43.4 Å². The molecule has 1 aliphatic heterocycles. The topological polar surface area (TPSA) is 74.8 Å². The summed E-state index contributed by atoms with van der Waals surface area (Å²) >= 11 is 0. The quantitative estimate of drug-likeness (QED) is 0.369. The number of nitrogens with zero attached hydrogens (tertiary/aromatic N) is 2. The van der Waals surface area contributed by atoms with Crippen LogP contribution in [-0.2, 0) is 6.61 Å². The van der Waals surface area contributed by atoms with Crippen LogP contribution in [0.4, 0.5) is 18.9 Å². The molecule has 3 N–H and O–H groups in total. The highest BCUT2D eigenvalue weighted by molar-refractivity contribution is 5.94. The zero-order valence-electron chi connectivity index (χ0n) is 20.6. The molecular formula is C26H35F3N4O2. The highest BCUT2D eigenvalue weighted by Crippen LogP contribution is 2.27. The number of halogens is 3. The van der Waals surface area contributed by atoms with Gasteiger partial charge in [0.2, 0.25) is 0 Å². The second kappa shape index (κ2) is 11.2. The van der Waals surface area contributed by atoms with Crippen molar-refractivity contribution in [3.63, 3.8) is 0 Å². The summed E-state index contributed by atoms with van der Waals surface area (Å²) in [6.07, 6.45) is -2.56. The highest BCUT2D eigenvalue weighted by Gasteiger charge is 2.31. The van der Waals surface area contributed by atoms with Crippen LogP contribution >= 0.6 is 0 Å². The zero-order valence-corrected chi connectivity index (χ0v) is 20.6. The average Bonchev–Trinajstić information content (AvgIpc) is 2.82. The smallest absolute Gasteiger partial charge is 0.489 e. The summed E-state index contributed by atoms with van der Waals surface area (Å²) in [7, 11) is 0. The third-order valence-corrected chi connectivity index (χ3v) is 6.19. The molecule has 1 fully saturated rings. The van der Waals surface area contributed by atoms with Crippen LogP contribution < -0.4 is 20.1 Å². The Balaban J connectivity index is 1.66. The number of anilines is 1. The van der Waals surface area contributed by atoms with Crippen LogP contribution in [0.5, 0.6) is 11.5 Å². The molecule has 1 heterocycles. The second-order valence-corrected chi connectivity index (χ2v) is 9.92. The van der Waals surface area contributed by atoms with Gasteiger partial charge in [0.25, 0.3) is 0 Å². The molecule has 0 unspecified atom stereocenters. The van der Waals surface area contributed by atoms with E-state index in [0.717, 1.165) is 37.2 Å². The number of hydrogen-bond donors (Lipinski definition) is 2. The molecule has 2 aromatic rings. The summed E-state index contributed by atoms with van der Waals surface area (Å²) < 4.78 is 46.6. The number of hydrogen-bond acceptors (Lipinski definition) is 4. The van der Waals surface area contributed by atoms with Gasteiger partial charge in [0.05, 0.1) is 0 Å². The number of rotatable bonds is 8. The Morgan fingerprint density at radius 1 is 1.03 bits per heavy atom. The van der Waals surface area contributed by atoms with Crippen molar-refractivity contribution in [2.24, 2.45) is 17.1 Å². The summed E-state index contributed by atoms with van der Waals surface area (Å²) in [5.41, 5.74) is 7.42. The lowest BCUT2D eigenvalue weighted by Gasteiger charge is -2.40. The van der Waals surface area contributed by atoms with Crippen molar-refractivity contribution in [1.82, 2.24) is 4.90 Å². The molecule has 6 nitrogen and oxygen atoms in total. The maximum absolute atomic E-state index is 12.3. The summed E-state index contributed by atoms with van der Waals surface area (Å²) in [6.45, 7) is 9.49. The first-order chi connectivity index (χ1) is 16.5. The fourth-order valence-electron chi connectivity index (χ4n) is 3.85. The molecule has 0 aliphatic carbocycles. The van der Waals surface area contributed by atoms with Crippen molar-refractivity contribution >= 4 is 11.6 Å². The molecule has 0 bridgehead atoms. The summed E-state index contributed by atoms with van der Waals surface area (Å²) in [4.78, 5) is 4.13. The van der Waals surface area contributed by atoms with Gasteiger partial charge < -0.3 is 25.0 Å². The third kappa shape index (κ3) is 8.06. The van der Waals surface area contributed by atoms with Crippen molar-refractivity contribution in [2.75, 3.05) is 31.1 Å². The molecule has 0 radical (unpaired) electrons. The van der Waals surface area contributed by atoms with Crippen LogP contribution in [0, 0.1) is 16.7 Å². The van der Waals surface area contributed by atoms with E-state index in [9.17, 15) is 13.2 Å². The summed E-state index contributed by atoms with van der Waals surface area (Å²) in [5.74, 6) is 1.52. The van der Waals surface area contributed by atoms with Gasteiger partial charge in [-0.25, -0.2) is 0 Å². The fourth-order valence-corrected chi connectivity index (χ4v) is 3.85. The maximum Gasteiger partial charge on any atom is 0.573 e. The monoisotopic (exact) mass is 492 g/mol. The maximum atomic E-state index is 12.3. The molecular weight excluding hydrogens is 457 g/mol. The minimum atomic E-state index is -4.71. The first-order valence-electron chi connectivity index (χ1n) is 11.8. The number of ether oxygens (including phenoxy) is 2. The van der Waals surface area contributed by atoms with Crippen LogP contribution in [0.1, 0.15) is 39.2 Å². The van der Waals surface area contributed by atoms with Crippen LogP contribution in [0.25, 0.3) is 0 Å². The van der Waals surface area contributed by atoms with Crippen LogP contribution in [0.15, 0.2) is 48.5 Å². The third-order valence-electron chi connectivity index (χ3n) is 6.19. The minimum absolute atomic E-state index is 0.174. The molecule has 3 rings (SSSR count). The SMILES string of the molecule is CC1CCN(C(=N)N(CC(C)(C)CN)c2ccc(OCc3ccc(OC(F)(F)F)cc3)cc2)CC1. The Morgan fingerprint density at radius 3 is 2.14 bits per heavy atom. The molecule has 9 heteroatoms. The highest BCUT2D eigenvalue weighted by atomic mass is 19.4. The molecule has 0 saturated carbocycles. The number of alkyl halides is 3. The molecule has 0 spiro atoms. The van der Waals surface area contributed by atoms with E-state index in [1.54, 1.807) is 0 Å². The first-order valence-corrected chi connectivity index (χ1v) is 11.8. The Bertz CT molecular complexity index is 954. The number of nitrogens with two attached hydrogens (primary N) is 1. The van der Waals surface area contributed by atoms with Gasteiger partial charge in [-0.1, -0.05) is 32.9 Å². The second-order valence-electron chi connectivity index (χ2n) is 9.92. The fraction of sp³-hybridized carbons (Fsp3) is 0.500. The lowest BCUT2D eigenvalue weighted by atomic mass is 9.92. The molecule has 192 valence electrons. The van der Waals surface area contributed by atoms with E-state index in [1.807, 2.05) is 29.2 Å². The van der Waals surface area contributed by atoms with E-state index in [-0.39, 0.29) is 17.8 Å². The van der Waals surface area contributed by atoms with E-state index >= 15 is 0 Å². The van der Waals surface area contributed by atoms with Gasteiger partial charge in [0, 0.05) is 25.3 Å². The molecule has 1 saturated heterocycles. The number of piperidine rings is 1. The first kappa shape index (κ1) is 26.7. The number of likely N-dealkylation sites (tertiary alicyclic amines) is 1. The minimum Gasteiger partial charge on any atom is -0.489 e. The van der Waals surface area contributed by atoms with E-state index in [1.165, 1.54) is 24.3 Å². The van der Waals surface area contributed by atoms with Crippen LogP contribution in [0.3, 0.4) is 0 Å². The number of guanidine groups is 1. The van der Waals surface area contributed by atoms with Gasteiger partial charge in [0.15, 0.2) is 5.96 Å². The van der Waals surface area contributed by atoms with Gasteiger partial charge in [-0.2, -0.15) is 0 Å². The van der Waals surface area contributed by atoms with Crippen molar-refractivity contribution in [3.8, 4) is 11.5 Å². The predicted octanol–water partition coefficient (Wildman–Crippen LogP) is 5.62. The lowest BCUT2D eigenvalue weighted by Crippen LogP contribution is -2.51. The Morgan fingerprint density at radius 2 is 1.60 bits per heavy atom. The molecule has 1 aliphatic rings. The summed E-state index contributed by atoms with van der Waals surface area (Å²) in [6, 6.07) is 13.1. The van der Waals surface area contributed by atoms with E-state index < -0.39 is 6.36 Å². The normalized spacial score (nSPS) is 15.1. The molecule has 0 atom stereocenters. The molecule has 35 heavy (non-hydrogen) atoms.